The molecule has 1 aliphatic rings. The van der Waals surface area contributed by atoms with Crippen LogP contribution < -0.4 is 10.5 Å². The summed E-state index contributed by atoms with van der Waals surface area (Å²) in [6.07, 6.45) is -3.30. The molecule has 3 heterocycles. The second kappa shape index (κ2) is 9.07. The first kappa shape index (κ1) is 22.1. The van der Waals surface area contributed by atoms with E-state index in [2.05, 4.69) is 9.97 Å². The monoisotopic (exact) mass is 435 g/mol. The third-order valence-electron chi connectivity index (χ3n) is 4.83. The van der Waals surface area contributed by atoms with Crippen molar-refractivity contribution in [3.63, 3.8) is 0 Å². The van der Waals surface area contributed by atoms with Gasteiger partial charge in [0.15, 0.2) is 0 Å². The number of nitrogens with zero attached hydrogens (tertiary/aromatic N) is 4. The zero-order chi connectivity index (χ0) is 22.6. The van der Waals surface area contributed by atoms with Crippen molar-refractivity contribution in [2.45, 2.75) is 25.6 Å². The fourth-order valence-electron chi connectivity index (χ4n) is 3.23. The number of ether oxygens (including phenoxy) is 1. The van der Waals surface area contributed by atoms with Gasteiger partial charge in [0.1, 0.15) is 23.6 Å². The number of carbonyl (C=O) groups excluding carboxylic acids is 1. The average Bonchev–Trinajstić information content (AvgIpc) is 2.74. The summed E-state index contributed by atoms with van der Waals surface area (Å²) < 4.78 is 44.0. The highest BCUT2D eigenvalue weighted by Crippen LogP contribution is 2.27. The number of alkyl halides is 3. The van der Waals surface area contributed by atoms with E-state index in [0.29, 0.717) is 37.6 Å². The first-order valence-corrected chi connectivity index (χ1v) is 9.53. The molecule has 1 aliphatic heterocycles. The molecular weight excluding hydrogens is 415 g/mol. The molecule has 11 heteroatoms. The summed E-state index contributed by atoms with van der Waals surface area (Å²) in [5.41, 5.74) is -1.82. The SMILES string of the molecule is CC(Cc1c[nH]c(=O)c(C(F)(F)F)c1)OC(=O)N1CCN(c2ccc(C#N)cn2)CC1. The first-order chi connectivity index (χ1) is 14.7. The topological polar surface area (TPSA) is 102 Å². The van der Waals surface area contributed by atoms with Gasteiger partial charge in [-0.05, 0) is 30.7 Å². The van der Waals surface area contributed by atoms with Crippen molar-refractivity contribution in [2.75, 3.05) is 31.1 Å². The Balaban J connectivity index is 1.53. The molecule has 0 saturated carbocycles. The van der Waals surface area contributed by atoms with Gasteiger partial charge in [0, 0.05) is 45.0 Å². The number of aromatic amines is 1. The summed E-state index contributed by atoms with van der Waals surface area (Å²) in [5.74, 6) is 0.707. The lowest BCUT2D eigenvalue weighted by molar-refractivity contribution is -0.138. The summed E-state index contributed by atoms with van der Waals surface area (Å²) in [5, 5.41) is 8.83. The molecule has 2 aromatic heterocycles. The van der Waals surface area contributed by atoms with E-state index in [1.54, 1.807) is 19.1 Å². The molecule has 0 spiro atoms. The molecule has 0 aliphatic carbocycles. The molecule has 1 amide bonds. The molecule has 1 atom stereocenters. The Bertz CT molecular complexity index is 1020. The molecule has 1 saturated heterocycles. The Morgan fingerprint density at radius 1 is 1.32 bits per heavy atom. The molecule has 3 rings (SSSR count). The Morgan fingerprint density at radius 3 is 2.61 bits per heavy atom. The molecule has 1 N–H and O–H groups in total. The van der Waals surface area contributed by atoms with E-state index >= 15 is 0 Å². The van der Waals surface area contributed by atoms with E-state index in [0.717, 1.165) is 6.07 Å². The average molecular weight is 435 g/mol. The summed E-state index contributed by atoms with van der Waals surface area (Å²) in [7, 11) is 0. The Hall–Kier alpha value is -3.55. The van der Waals surface area contributed by atoms with Gasteiger partial charge in [-0.1, -0.05) is 0 Å². The van der Waals surface area contributed by atoms with Gasteiger partial charge in [-0.3, -0.25) is 4.79 Å². The smallest absolute Gasteiger partial charge is 0.421 e. The normalized spacial score (nSPS) is 15.3. The molecular formula is C20H20F3N5O3. The maximum absolute atomic E-state index is 12.9. The van der Waals surface area contributed by atoms with Crippen molar-refractivity contribution in [1.29, 1.82) is 5.26 Å². The van der Waals surface area contributed by atoms with Crippen molar-refractivity contribution in [1.82, 2.24) is 14.9 Å². The number of hydrogen-bond donors (Lipinski definition) is 1. The van der Waals surface area contributed by atoms with Crippen molar-refractivity contribution in [2.24, 2.45) is 0 Å². The molecule has 8 nitrogen and oxygen atoms in total. The molecule has 1 fully saturated rings. The number of hydrogen-bond acceptors (Lipinski definition) is 6. The second-order valence-electron chi connectivity index (χ2n) is 7.14. The van der Waals surface area contributed by atoms with Crippen LogP contribution in [0.4, 0.5) is 23.8 Å². The highest BCUT2D eigenvalue weighted by Gasteiger charge is 2.34. The number of nitriles is 1. The third-order valence-corrected chi connectivity index (χ3v) is 4.83. The van der Waals surface area contributed by atoms with Crippen LogP contribution in [0, 0.1) is 11.3 Å². The summed E-state index contributed by atoms with van der Waals surface area (Å²) >= 11 is 0. The lowest BCUT2D eigenvalue weighted by atomic mass is 10.1. The van der Waals surface area contributed by atoms with E-state index < -0.39 is 29.5 Å². The molecule has 164 valence electrons. The zero-order valence-electron chi connectivity index (χ0n) is 16.6. The highest BCUT2D eigenvalue weighted by atomic mass is 19.4. The molecule has 31 heavy (non-hydrogen) atoms. The minimum atomic E-state index is -4.76. The van der Waals surface area contributed by atoms with E-state index in [-0.39, 0.29) is 12.0 Å². The van der Waals surface area contributed by atoms with Crippen LogP contribution >= 0.6 is 0 Å². The van der Waals surface area contributed by atoms with Crippen LogP contribution in [0.5, 0.6) is 0 Å². The van der Waals surface area contributed by atoms with Gasteiger partial charge in [0.05, 0.1) is 5.56 Å². The standard InChI is InChI=1S/C20H20F3N5O3/c1-13(8-15-9-16(20(21,22)23)18(29)26-12-15)31-19(30)28-6-4-27(5-7-28)17-3-2-14(10-24)11-25-17/h2-3,9,11-13H,4-8H2,1H3,(H,26,29). The predicted molar refractivity (Wildman–Crippen MR) is 104 cm³/mol. The van der Waals surface area contributed by atoms with Gasteiger partial charge in [-0.25, -0.2) is 9.78 Å². The molecule has 1 unspecified atom stereocenters. The predicted octanol–water partition coefficient (Wildman–Crippen LogP) is 2.55. The largest absolute Gasteiger partial charge is 0.446 e. The fraction of sp³-hybridized carbons (Fsp3) is 0.400. The molecule has 0 bridgehead atoms. The van der Waals surface area contributed by atoms with Crippen molar-refractivity contribution < 1.29 is 22.7 Å². The highest BCUT2D eigenvalue weighted by molar-refractivity contribution is 5.68. The number of amides is 1. The van der Waals surface area contributed by atoms with E-state index in [1.165, 1.54) is 17.3 Å². The minimum Gasteiger partial charge on any atom is -0.446 e. The van der Waals surface area contributed by atoms with Crippen molar-refractivity contribution in [3.8, 4) is 6.07 Å². The van der Waals surface area contributed by atoms with Gasteiger partial charge < -0.3 is 19.5 Å². The van der Waals surface area contributed by atoms with Gasteiger partial charge in [-0.15, -0.1) is 0 Å². The van der Waals surface area contributed by atoms with Crippen LogP contribution in [0.3, 0.4) is 0 Å². The number of H-pyrrole nitrogens is 1. The molecule has 0 radical (unpaired) electrons. The quantitative estimate of drug-likeness (QED) is 0.792. The first-order valence-electron chi connectivity index (χ1n) is 9.53. The Kier molecular flexibility index (Phi) is 6.48. The van der Waals surface area contributed by atoms with Gasteiger partial charge >= 0.3 is 12.3 Å². The van der Waals surface area contributed by atoms with Crippen LogP contribution in [0.2, 0.25) is 0 Å². The number of nitrogens with one attached hydrogen (secondary N) is 1. The Labute approximate surface area is 175 Å². The number of aromatic nitrogens is 2. The lowest BCUT2D eigenvalue weighted by Crippen LogP contribution is -2.49. The lowest BCUT2D eigenvalue weighted by Gasteiger charge is -2.35. The van der Waals surface area contributed by atoms with Gasteiger partial charge in [-0.2, -0.15) is 18.4 Å². The summed E-state index contributed by atoms with van der Waals surface area (Å²) in [4.78, 5) is 33.6. The maximum Gasteiger partial charge on any atom is 0.421 e. The second-order valence-corrected chi connectivity index (χ2v) is 7.14. The van der Waals surface area contributed by atoms with Crippen LogP contribution in [0.25, 0.3) is 0 Å². The number of anilines is 1. The zero-order valence-corrected chi connectivity index (χ0v) is 16.6. The van der Waals surface area contributed by atoms with Gasteiger partial charge in [0.25, 0.3) is 5.56 Å². The fourth-order valence-corrected chi connectivity index (χ4v) is 3.23. The van der Waals surface area contributed by atoms with Crippen molar-refractivity contribution >= 4 is 11.9 Å². The minimum absolute atomic E-state index is 0.0285. The van der Waals surface area contributed by atoms with Crippen LogP contribution in [0.15, 0.2) is 35.4 Å². The summed E-state index contributed by atoms with van der Waals surface area (Å²) in [6.45, 7) is 3.41. The van der Waals surface area contributed by atoms with Gasteiger partial charge in [0.2, 0.25) is 0 Å². The van der Waals surface area contributed by atoms with Crippen molar-refractivity contribution in [3.05, 3.63) is 57.6 Å². The van der Waals surface area contributed by atoms with E-state index in [1.807, 2.05) is 11.0 Å². The third kappa shape index (κ3) is 5.53. The number of piperazine rings is 1. The number of halogens is 3. The number of pyridine rings is 2. The van der Waals surface area contributed by atoms with E-state index in [9.17, 15) is 22.8 Å². The number of carbonyl (C=O) groups is 1. The number of rotatable bonds is 4. The maximum atomic E-state index is 12.9. The molecule has 2 aromatic rings. The molecule has 0 aromatic carbocycles. The van der Waals surface area contributed by atoms with Crippen LogP contribution in [-0.4, -0.2) is 53.2 Å². The summed E-state index contributed by atoms with van der Waals surface area (Å²) in [6, 6.07) is 6.19. The Morgan fingerprint density at radius 2 is 2.03 bits per heavy atom. The van der Waals surface area contributed by atoms with E-state index in [4.69, 9.17) is 10.00 Å². The van der Waals surface area contributed by atoms with Crippen LogP contribution in [0.1, 0.15) is 23.6 Å². The van der Waals surface area contributed by atoms with Crippen LogP contribution in [-0.2, 0) is 17.3 Å².